The number of nitrogens with one attached hydrogen (secondary N) is 2. The molecule has 0 fully saturated rings. The van der Waals surface area contributed by atoms with Crippen molar-refractivity contribution in [2.24, 2.45) is 0 Å². The Kier molecular flexibility index (Phi) is 7.04. The highest BCUT2D eigenvalue weighted by Gasteiger charge is 2.35. The molecule has 4 rings (SSSR count). The van der Waals surface area contributed by atoms with E-state index >= 15 is 0 Å². The fourth-order valence-corrected chi connectivity index (χ4v) is 4.35. The van der Waals surface area contributed by atoms with Crippen LogP contribution in [0.25, 0.3) is 0 Å². The molecule has 1 aliphatic heterocycles. The van der Waals surface area contributed by atoms with Crippen molar-refractivity contribution in [2.45, 2.75) is 25.8 Å². The first-order valence-electron chi connectivity index (χ1n) is 9.94. The van der Waals surface area contributed by atoms with Crippen LogP contribution in [0.3, 0.4) is 0 Å². The summed E-state index contributed by atoms with van der Waals surface area (Å²) in [6.07, 6.45) is 1.05. The van der Waals surface area contributed by atoms with Gasteiger partial charge in [-0.2, -0.15) is 10.1 Å². The number of aromatic nitrogens is 3. The monoisotopic (exact) mass is 583 g/mol. The fourth-order valence-electron chi connectivity index (χ4n) is 3.58. The molecule has 10 heteroatoms. The van der Waals surface area contributed by atoms with Gasteiger partial charge in [0.25, 0.3) is 5.91 Å². The number of hydrogen-bond acceptors (Lipinski definition) is 5. The van der Waals surface area contributed by atoms with Crippen LogP contribution in [0.1, 0.15) is 30.8 Å². The van der Waals surface area contributed by atoms with E-state index in [0.29, 0.717) is 57.2 Å². The second-order valence-electron chi connectivity index (χ2n) is 7.29. The first-order valence-corrected chi connectivity index (χ1v) is 11.8. The quantitative estimate of drug-likeness (QED) is 0.354. The van der Waals surface area contributed by atoms with Crippen LogP contribution < -0.4 is 10.6 Å². The number of aliphatic hydroxyl groups excluding tert-OH is 1. The van der Waals surface area contributed by atoms with Gasteiger partial charge in [0.2, 0.25) is 5.95 Å². The molecule has 0 saturated heterocycles. The molecular weight excluding hydrogens is 564 g/mol. The highest BCUT2D eigenvalue weighted by atomic mass is 127. The Bertz CT molecular complexity index is 1190. The number of carbonyl (C=O) groups is 1. The van der Waals surface area contributed by atoms with E-state index < -0.39 is 6.04 Å². The molecule has 3 aromatic rings. The molecule has 1 aliphatic rings. The number of fused-ring (bicyclic) bond motifs is 1. The Balaban J connectivity index is 1.79. The van der Waals surface area contributed by atoms with Crippen LogP contribution in [-0.2, 0) is 11.2 Å². The molecule has 0 spiro atoms. The first-order chi connectivity index (χ1) is 15.4. The zero-order valence-electron chi connectivity index (χ0n) is 17.1. The van der Waals surface area contributed by atoms with E-state index in [1.54, 1.807) is 16.8 Å². The summed E-state index contributed by atoms with van der Waals surface area (Å²) in [5.41, 5.74) is 2.42. The minimum atomic E-state index is -0.628. The minimum Gasteiger partial charge on any atom is -0.396 e. The molecule has 0 saturated carbocycles. The third kappa shape index (κ3) is 4.63. The summed E-state index contributed by atoms with van der Waals surface area (Å²) >= 11 is 15.1. The Morgan fingerprint density at radius 3 is 2.72 bits per heavy atom. The molecule has 166 valence electrons. The van der Waals surface area contributed by atoms with Gasteiger partial charge in [-0.3, -0.25) is 4.79 Å². The Labute approximate surface area is 209 Å². The number of halogens is 3. The number of rotatable bonds is 6. The number of aliphatic hydroxyl groups is 1. The van der Waals surface area contributed by atoms with Crippen molar-refractivity contribution in [3.8, 4) is 0 Å². The van der Waals surface area contributed by atoms with E-state index in [9.17, 15) is 4.79 Å². The lowest BCUT2D eigenvalue weighted by Crippen LogP contribution is -2.31. The zero-order valence-corrected chi connectivity index (χ0v) is 20.7. The topological polar surface area (TPSA) is 92.1 Å². The van der Waals surface area contributed by atoms with Crippen LogP contribution in [-0.4, -0.2) is 32.4 Å². The summed E-state index contributed by atoms with van der Waals surface area (Å²) in [4.78, 5) is 18.0. The third-order valence-corrected chi connectivity index (χ3v) is 6.63. The Morgan fingerprint density at radius 2 is 2.00 bits per heavy atom. The number of amides is 1. The van der Waals surface area contributed by atoms with Crippen molar-refractivity contribution in [2.75, 3.05) is 17.2 Å². The standard InChI is InChI=1S/C22H20Cl2IN5O2/c1-12-18(21(32)27-14-9-7-13(25)8-10-14)20(15-4-2-5-16(23)19(15)24)30-22(26-12)28-17(29-30)6-3-11-31/h2,4-5,7-10,20,31H,3,6,11H2,1H3,(H,27,32)(H,26,28,29). The van der Waals surface area contributed by atoms with Crippen molar-refractivity contribution in [1.29, 1.82) is 0 Å². The number of hydrogen-bond donors (Lipinski definition) is 3. The largest absolute Gasteiger partial charge is 0.396 e. The van der Waals surface area contributed by atoms with Crippen LogP contribution >= 0.6 is 45.8 Å². The first kappa shape index (κ1) is 23.0. The van der Waals surface area contributed by atoms with Gasteiger partial charge < -0.3 is 15.7 Å². The smallest absolute Gasteiger partial charge is 0.255 e. The predicted molar refractivity (Wildman–Crippen MR) is 134 cm³/mol. The molecule has 1 unspecified atom stereocenters. The second kappa shape index (κ2) is 9.78. The number of nitrogens with zero attached hydrogens (tertiary/aromatic N) is 3. The predicted octanol–water partition coefficient (Wildman–Crippen LogP) is 5.04. The number of carbonyl (C=O) groups excluding carboxylic acids is 1. The van der Waals surface area contributed by atoms with Crippen molar-refractivity contribution in [3.63, 3.8) is 0 Å². The molecule has 2 aromatic carbocycles. The van der Waals surface area contributed by atoms with Gasteiger partial charge >= 0.3 is 0 Å². The molecule has 7 nitrogen and oxygen atoms in total. The molecule has 32 heavy (non-hydrogen) atoms. The molecular formula is C22H20Cl2IN5O2. The number of aryl methyl sites for hydroxylation is 1. The van der Waals surface area contributed by atoms with E-state index in [0.717, 1.165) is 3.57 Å². The average Bonchev–Trinajstić information content (AvgIpc) is 3.17. The Hall–Kier alpha value is -2.14. The molecule has 2 heterocycles. The summed E-state index contributed by atoms with van der Waals surface area (Å²) in [6.45, 7) is 1.86. The van der Waals surface area contributed by atoms with Gasteiger partial charge in [0.1, 0.15) is 6.04 Å². The normalized spacial score (nSPS) is 15.3. The molecule has 1 atom stereocenters. The lowest BCUT2D eigenvalue weighted by atomic mass is 9.95. The Morgan fingerprint density at radius 1 is 1.25 bits per heavy atom. The zero-order chi connectivity index (χ0) is 22.8. The highest BCUT2D eigenvalue weighted by Crippen LogP contribution is 2.40. The lowest BCUT2D eigenvalue weighted by molar-refractivity contribution is -0.113. The van der Waals surface area contributed by atoms with Gasteiger partial charge in [0.05, 0.1) is 15.6 Å². The van der Waals surface area contributed by atoms with Crippen molar-refractivity contribution < 1.29 is 9.90 Å². The summed E-state index contributed by atoms with van der Waals surface area (Å²) in [6, 6.07) is 12.2. The van der Waals surface area contributed by atoms with Crippen LogP contribution in [0.15, 0.2) is 53.7 Å². The van der Waals surface area contributed by atoms with Gasteiger partial charge in [-0.25, -0.2) is 4.68 Å². The maximum atomic E-state index is 13.4. The van der Waals surface area contributed by atoms with E-state index in [1.807, 2.05) is 37.3 Å². The molecule has 0 bridgehead atoms. The maximum Gasteiger partial charge on any atom is 0.255 e. The van der Waals surface area contributed by atoms with Gasteiger partial charge in [-0.05, 0) is 66.3 Å². The van der Waals surface area contributed by atoms with E-state index in [1.165, 1.54) is 0 Å². The number of anilines is 2. The van der Waals surface area contributed by atoms with E-state index in [4.69, 9.17) is 28.3 Å². The van der Waals surface area contributed by atoms with Crippen LogP contribution in [0, 0.1) is 3.57 Å². The molecule has 0 aliphatic carbocycles. The molecule has 1 aromatic heterocycles. The van der Waals surface area contributed by atoms with Crippen molar-refractivity contribution in [3.05, 3.63) is 78.7 Å². The molecule has 1 amide bonds. The average molecular weight is 584 g/mol. The van der Waals surface area contributed by atoms with Crippen LogP contribution in [0.5, 0.6) is 0 Å². The summed E-state index contributed by atoms with van der Waals surface area (Å²) in [7, 11) is 0. The number of allylic oxidation sites excluding steroid dienone is 1. The minimum absolute atomic E-state index is 0.0435. The van der Waals surface area contributed by atoms with Gasteiger partial charge in [0, 0.05) is 33.5 Å². The van der Waals surface area contributed by atoms with Crippen molar-refractivity contribution >= 4 is 63.3 Å². The van der Waals surface area contributed by atoms with Gasteiger partial charge in [0.15, 0.2) is 5.82 Å². The fraction of sp³-hybridized carbons (Fsp3) is 0.227. The van der Waals surface area contributed by atoms with Crippen LogP contribution in [0.4, 0.5) is 11.6 Å². The maximum absolute atomic E-state index is 13.4. The second-order valence-corrected chi connectivity index (χ2v) is 9.32. The highest BCUT2D eigenvalue weighted by molar-refractivity contribution is 14.1. The molecule has 0 radical (unpaired) electrons. The lowest BCUT2D eigenvalue weighted by Gasteiger charge is -2.29. The van der Waals surface area contributed by atoms with E-state index in [2.05, 4.69) is 43.3 Å². The SMILES string of the molecule is CC1=C(C(=O)Nc2ccc(I)cc2)C(c2cccc(Cl)c2Cl)n2nc(CCCO)nc2N1. The molecule has 3 N–H and O–H groups in total. The van der Waals surface area contributed by atoms with Gasteiger partial charge in [-0.1, -0.05) is 35.3 Å². The van der Waals surface area contributed by atoms with Gasteiger partial charge in [-0.15, -0.1) is 0 Å². The summed E-state index contributed by atoms with van der Waals surface area (Å²) < 4.78 is 2.72. The summed E-state index contributed by atoms with van der Waals surface area (Å²) in [5, 5.41) is 20.7. The summed E-state index contributed by atoms with van der Waals surface area (Å²) in [5.74, 6) is 0.786. The van der Waals surface area contributed by atoms with E-state index in [-0.39, 0.29) is 12.5 Å². The van der Waals surface area contributed by atoms with Crippen LogP contribution in [0.2, 0.25) is 10.0 Å². The number of benzene rings is 2. The third-order valence-electron chi connectivity index (χ3n) is 5.08. The van der Waals surface area contributed by atoms with Crippen molar-refractivity contribution in [1.82, 2.24) is 14.8 Å².